The van der Waals surface area contributed by atoms with E-state index in [0.717, 1.165) is 45.3 Å². The number of amides is 1. The van der Waals surface area contributed by atoms with E-state index >= 15 is 0 Å². The highest BCUT2D eigenvalue weighted by molar-refractivity contribution is 5.85. The minimum atomic E-state index is 0. The molecule has 2 rings (SSSR count). The van der Waals surface area contributed by atoms with Gasteiger partial charge in [0.2, 0.25) is 5.91 Å². The van der Waals surface area contributed by atoms with Gasteiger partial charge in [-0.3, -0.25) is 4.79 Å². The Balaban J connectivity index is 0.00000180. The normalized spacial score (nSPS) is 25.0. The van der Waals surface area contributed by atoms with Gasteiger partial charge in [0.1, 0.15) is 0 Å². The third-order valence-electron chi connectivity index (χ3n) is 4.14. The summed E-state index contributed by atoms with van der Waals surface area (Å²) in [5.41, 5.74) is 0. The maximum Gasteiger partial charge on any atom is 0.237 e. The second-order valence-corrected chi connectivity index (χ2v) is 5.63. The van der Waals surface area contributed by atoms with Crippen molar-refractivity contribution in [2.75, 3.05) is 26.2 Å². The highest BCUT2D eigenvalue weighted by Crippen LogP contribution is 2.12. The number of halogens is 1. The standard InChI is InChI=1S/C14H27N3O.ClH/c1-2-3-9-17-10-6-12(7-11-17)16-14(18)13-5-4-8-15-13;/h12-13,15H,2-11H2,1H3,(H,16,18);1H. The molecule has 0 aromatic carbocycles. The molecule has 1 amide bonds. The van der Waals surface area contributed by atoms with Gasteiger partial charge in [-0.15, -0.1) is 12.4 Å². The second-order valence-electron chi connectivity index (χ2n) is 5.63. The zero-order chi connectivity index (χ0) is 12.8. The van der Waals surface area contributed by atoms with Crippen LogP contribution >= 0.6 is 12.4 Å². The summed E-state index contributed by atoms with van der Waals surface area (Å²) in [6.45, 7) is 6.74. The van der Waals surface area contributed by atoms with Crippen LogP contribution in [0.4, 0.5) is 0 Å². The molecule has 2 heterocycles. The van der Waals surface area contributed by atoms with Gasteiger partial charge in [-0.2, -0.15) is 0 Å². The molecule has 2 fully saturated rings. The molecule has 0 bridgehead atoms. The van der Waals surface area contributed by atoms with Crippen LogP contribution in [0, 0.1) is 0 Å². The van der Waals surface area contributed by atoms with E-state index in [1.165, 1.54) is 19.4 Å². The van der Waals surface area contributed by atoms with Gasteiger partial charge in [0, 0.05) is 19.1 Å². The minimum absolute atomic E-state index is 0. The molecule has 112 valence electrons. The molecular formula is C14H28ClN3O. The predicted molar refractivity (Wildman–Crippen MR) is 80.8 cm³/mol. The molecule has 2 N–H and O–H groups in total. The van der Waals surface area contributed by atoms with Gasteiger partial charge in [-0.05, 0) is 45.2 Å². The van der Waals surface area contributed by atoms with Gasteiger partial charge in [0.05, 0.1) is 6.04 Å². The first-order valence-corrected chi connectivity index (χ1v) is 7.55. The van der Waals surface area contributed by atoms with E-state index in [2.05, 4.69) is 22.5 Å². The topological polar surface area (TPSA) is 44.4 Å². The Bertz CT molecular complexity index is 261. The Kier molecular flexibility index (Phi) is 7.73. The fraction of sp³-hybridized carbons (Fsp3) is 0.929. The summed E-state index contributed by atoms with van der Waals surface area (Å²) >= 11 is 0. The van der Waals surface area contributed by atoms with Crippen molar-refractivity contribution in [3.63, 3.8) is 0 Å². The average Bonchev–Trinajstić information content (AvgIpc) is 2.92. The molecule has 2 aliphatic rings. The molecule has 2 aliphatic heterocycles. The van der Waals surface area contributed by atoms with Crippen LogP contribution in [0.15, 0.2) is 0 Å². The van der Waals surface area contributed by atoms with Crippen molar-refractivity contribution in [1.29, 1.82) is 0 Å². The molecule has 4 nitrogen and oxygen atoms in total. The van der Waals surface area contributed by atoms with E-state index in [4.69, 9.17) is 0 Å². The van der Waals surface area contributed by atoms with E-state index in [9.17, 15) is 4.79 Å². The molecule has 0 spiro atoms. The number of nitrogens with one attached hydrogen (secondary N) is 2. The average molecular weight is 290 g/mol. The fourth-order valence-corrected chi connectivity index (χ4v) is 2.89. The summed E-state index contributed by atoms with van der Waals surface area (Å²) < 4.78 is 0. The van der Waals surface area contributed by atoms with Gasteiger partial charge in [0.25, 0.3) is 0 Å². The quantitative estimate of drug-likeness (QED) is 0.807. The number of rotatable bonds is 5. The van der Waals surface area contributed by atoms with E-state index < -0.39 is 0 Å². The Morgan fingerprint density at radius 1 is 1.32 bits per heavy atom. The lowest BCUT2D eigenvalue weighted by atomic mass is 10.0. The number of carbonyl (C=O) groups is 1. The van der Waals surface area contributed by atoms with Crippen LogP contribution in [0.25, 0.3) is 0 Å². The zero-order valence-electron chi connectivity index (χ0n) is 12.0. The Labute approximate surface area is 123 Å². The van der Waals surface area contributed by atoms with Gasteiger partial charge < -0.3 is 15.5 Å². The van der Waals surface area contributed by atoms with Crippen molar-refractivity contribution in [3.8, 4) is 0 Å². The second kappa shape index (κ2) is 8.77. The first-order chi connectivity index (χ1) is 8.79. The summed E-state index contributed by atoms with van der Waals surface area (Å²) in [5, 5.41) is 6.47. The van der Waals surface area contributed by atoms with Crippen molar-refractivity contribution < 1.29 is 4.79 Å². The lowest BCUT2D eigenvalue weighted by Gasteiger charge is -2.32. The van der Waals surface area contributed by atoms with Crippen molar-refractivity contribution in [2.24, 2.45) is 0 Å². The third kappa shape index (κ3) is 5.28. The molecule has 2 saturated heterocycles. The first-order valence-electron chi connectivity index (χ1n) is 7.55. The van der Waals surface area contributed by atoms with Gasteiger partial charge in [-0.25, -0.2) is 0 Å². The third-order valence-corrected chi connectivity index (χ3v) is 4.14. The Hall–Kier alpha value is -0.320. The molecule has 0 aliphatic carbocycles. The lowest BCUT2D eigenvalue weighted by molar-refractivity contribution is -0.123. The summed E-state index contributed by atoms with van der Waals surface area (Å²) in [5.74, 6) is 0.222. The van der Waals surface area contributed by atoms with Gasteiger partial charge >= 0.3 is 0 Å². The van der Waals surface area contributed by atoms with E-state index in [1.807, 2.05) is 0 Å². The maximum absolute atomic E-state index is 12.0. The van der Waals surface area contributed by atoms with Crippen molar-refractivity contribution in [3.05, 3.63) is 0 Å². The number of piperidine rings is 1. The van der Waals surface area contributed by atoms with Crippen LogP contribution < -0.4 is 10.6 Å². The molecule has 5 heteroatoms. The van der Waals surface area contributed by atoms with E-state index in [0.29, 0.717) is 6.04 Å². The number of nitrogens with zero attached hydrogens (tertiary/aromatic N) is 1. The highest BCUT2D eigenvalue weighted by Gasteiger charge is 2.26. The predicted octanol–water partition coefficient (Wildman–Crippen LogP) is 1.54. The molecule has 19 heavy (non-hydrogen) atoms. The van der Waals surface area contributed by atoms with Gasteiger partial charge in [-0.1, -0.05) is 13.3 Å². The van der Waals surface area contributed by atoms with Gasteiger partial charge in [0.15, 0.2) is 0 Å². The van der Waals surface area contributed by atoms with Crippen LogP contribution in [0.5, 0.6) is 0 Å². The smallest absolute Gasteiger partial charge is 0.237 e. The Morgan fingerprint density at radius 2 is 2.05 bits per heavy atom. The van der Waals surface area contributed by atoms with Crippen LogP contribution in [0.2, 0.25) is 0 Å². The molecule has 0 saturated carbocycles. The summed E-state index contributed by atoms with van der Waals surface area (Å²) in [4.78, 5) is 14.5. The lowest BCUT2D eigenvalue weighted by Crippen LogP contribution is -2.49. The van der Waals surface area contributed by atoms with Crippen molar-refractivity contribution >= 4 is 18.3 Å². The number of hydrogen-bond acceptors (Lipinski definition) is 3. The molecule has 1 atom stereocenters. The number of carbonyl (C=O) groups excluding carboxylic acids is 1. The van der Waals surface area contributed by atoms with Crippen LogP contribution in [-0.2, 0) is 4.79 Å². The van der Waals surface area contributed by atoms with Crippen LogP contribution in [0.1, 0.15) is 45.4 Å². The SMILES string of the molecule is CCCCN1CCC(NC(=O)C2CCCN2)CC1.Cl. The molecule has 0 radical (unpaired) electrons. The largest absolute Gasteiger partial charge is 0.352 e. The number of likely N-dealkylation sites (tertiary alicyclic amines) is 1. The Morgan fingerprint density at radius 3 is 2.63 bits per heavy atom. The highest BCUT2D eigenvalue weighted by atomic mass is 35.5. The van der Waals surface area contributed by atoms with E-state index in [1.54, 1.807) is 0 Å². The van der Waals surface area contributed by atoms with E-state index in [-0.39, 0.29) is 24.4 Å². The summed E-state index contributed by atoms with van der Waals surface area (Å²) in [7, 11) is 0. The van der Waals surface area contributed by atoms with Crippen molar-refractivity contribution in [2.45, 2.75) is 57.5 Å². The summed E-state index contributed by atoms with van der Waals surface area (Å²) in [6.07, 6.45) is 6.92. The number of unbranched alkanes of at least 4 members (excludes halogenated alkanes) is 1. The number of hydrogen-bond donors (Lipinski definition) is 2. The van der Waals surface area contributed by atoms with Crippen LogP contribution in [-0.4, -0.2) is 49.1 Å². The molecule has 1 unspecified atom stereocenters. The molecule has 0 aromatic rings. The summed E-state index contributed by atoms with van der Waals surface area (Å²) in [6, 6.07) is 0.473. The zero-order valence-corrected chi connectivity index (χ0v) is 12.8. The monoisotopic (exact) mass is 289 g/mol. The van der Waals surface area contributed by atoms with Crippen molar-refractivity contribution in [1.82, 2.24) is 15.5 Å². The first kappa shape index (κ1) is 16.7. The minimum Gasteiger partial charge on any atom is -0.352 e. The van der Waals surface area contributed by atoms with Crippen LogP contribution in [0.3, 0.4) is 0 Å². The fourth-order valence-electron chi connectivity index (χ4n) is 2.89. The molecular weight excluding hydrogens is 262 g/mol. The molecule has 0 aromatic heterocycles. The maximum atomic E-state index is 12.0.